The third-order valence-electron chi connectivity index (χ3n) is 6.08. The number of hydrogen-bond donors (Lipinski definition) is 1. The van der Waals surface area contributed by atoms with E-state index in [4.69, 9.17) is 14.2 Å². The van der Waals surface area contributed by atoms with Gasteiger partial charge in [0.15, 0.2) is 0 Å². The molecule has 1 N–H and O–H groups in total. The number of nitrogens with one attached hydrogen (secondary N) is 1. The summed E-state index contributed by atoms with van der Waals surface area (Å²) < 4.78 is 20.3. The largest absolute Gasteiger partial charge is 0.378 e. The summed E-state index contributed by atoms with van der Waals surface area (Å²) in [6.45, 7) is 10.0. The van der Waals surface area contributed by atoms with Crippen molar-refractivity contribution in [3.05, 3.63) is 32.6 Å². The van der Waals surface area contributed by atoms with Crippen LogP contribution in [-0.4, -0.2) is 41.1 Å². The minimum Gasteiger partial charge on any atom is -0.378 e. The van der Waals surface area contributed by atoms with Crippen LogP contribution in [-0.2, 0) is 14.2 Å². The van der Waals surface area contributed by atoms with Gasteiger partial charge in [0.05, 0.1) is 12.7 Å². The first-order valence-electron chi connectivity index (χ1n) is 10.6. The van der Waals surface area contributed by atoms with Crippen molar-refractivity contribution in [1.29, 1.82) is 0 Å². The molecule has 0 spiro atoms. The molecule has 0 amide bonds. The zero-order valence-electron chi connectivity index (χ0n) is 17.5. The number of ether oxygens (including phenoxy) is 3. The predicted octanol–water partition coefficient (Wildman–Crippen LogP) is 2.77. The highest BCUT2D eigenvalue weighted by Crippen LogP contribution is 2.56. The third-order valence-corrected chi connectivity index (χ3v) is 6.08. The fraction of sp³-hybridized carbons (Fsp3) is 0.810. The van der Waals surface area contributed by atoms with Crippen LogP contribution in [0, 0.1) is 18.8 Å². The molecule has 1 aromatic heterocycles. The molecule has 1 saturated carbocycles. The molecular formula is C21H34N2O5. The number of aromatic amines is 1. The molecule has 28 heavy (non-hydrogen) atoms. The Morgan fingerprint density at radius 2 is 1.96 bits per heavy atom. The quantitative estimate of drug-likeness (QED) is 0.617. The van der Waals surface area contributed by atoms with E-state index in [9.17, 15) is 9.59 Å². The van der Waals surface area contributed by atoms with Gasteiger partial charge in [0.25, 0.3) is 5.56 Å². The van der Waals surface area contributed by atoms with Gasteiger partial charge in [-0.1, -0.05) is 33.6 Å². The molecule has 7 heteroatoms. The zero-order valence-corrected chi connectivity index (χ0v) is 17.5. The van der Waals surface area contributed by atoms with Crippen LogP contribution in [0.1, 0.15) is 64.7 Å². The van der Waals surface area contributed by atoms with Crippen molar-refractivity contribution in [3.8, 4) is 0 Å². The highest BCUT2D eigenvalue weighted by molar-refractivity contribution is 5.12. The van der Waals surface area contributed by atoms with Gasteiger partial charge in [0.1, 0.15) is 11.8 Å². The minimum absolute atomic E-state index is 0.0506. The maximum Gasteiger partial charge on any atom is 0.330 e. The average molecular weight is 395 g/mol. The van der Waals surface area contributed by atoms with Gasteiger partial charge >= 0.3 is 5.69 Å². The first-order chi connectivity index (χ1) is 13.4. The lowest BCUT2D eigenvalue weighted by atomic mass is 9.94. The summed E-state index contributed by atoms with van der Waals surface area (Å²) in [6, 6.07) is 0. The third kappa shape index (κ3) is 3.98. The summed E-state index contributed by atoms with van der Waals surface area (Å²) in [5, 5.41) is 0. The Morgan fingerprint density at radius 1 is 1.25 bits per heavy atom. The molecule has 0 radical (unpaired) electrons. The molecule has 1 saturated heterocycles. The van der Waals surface area contributed by atoms with Crippen molar-refractivity contribution >= 4 is 0 Å². The van der Waals surface area contributed by atoms with Crippen LogP contribution in [0.2, 0.25) is 0 Å². The molecule has 2 unspecified atom stereocenters. The summed E-state index contributed by atoms with van der Waals surface area (Å²) in [5.41, 5.74) is -0.837. The van der Waals surface area contributed by atoms with Crippen LogP contribution in [0.4, 0.5) is 0 Å². The Balaban J connectivity index is 1.89. The van der Waals surface area contributed by atoms with E-state index in [2.05, 4.69) is 25.8 Å². The zero-order chi connectivity index (χ0) is 20.3. The predicted molar refractivity (Wildman–Crippen MR) is 107 cm³/mol. The monoisotopic (exact) mass is 394 g/mol. The number of nitrogens with zero attached hydrogens (tertiary/aromatic N) is 1. The van der Waals surface area contributed by atoms with Crippen molar-refractivity contribution < 1.29 is 14.2 Å². The molecule has 3 rings (SSSR count). The van der Waals surface area contributed by atoms with Crippen molar-refractivity contribution in [2.45, 2.75) is 77.7 Å². The van der Waals surface area contributed by atoms with E-state index in [0.29, 0.717) is 31.3 Å². The van der Waals surface area contributed by atoms with E-state index in [1.54, 1.807) is 13.1 Å². The molecular weight excluding hydrogens is 360 g/mol. The SMILES string of the molecule is CCCCOC[C@]12CC(C)[C@@H](C1OCCCC)[C@H](n1cc(C)c(=O)[nH]c1=O)O2. The summed E-state index contributed by atoms with van der Waals surface area (Å²) in [6.07, 6.45) is 6.05. The number of fused-ring (bicyclic) bond motifs is 2. The van der Waals surface area contributed by atoms with Gasteiger partial charge in [-0.2, -0.15) is 0 Å². The van der Waals surface area contributed by atoms with Crippen LogP contribution in [0.15, 0.2) is 15.8 Å². The number of hydrogen-bond acceptors (Lipinski definition) is 5. The molecule has 1 aliphatic carbocycles. The lowest BCUT2D eigenvalue weighted by molar-refractivity contribution is -0.165. The van der Waals surface area contributed by atoms with Gasteiger partial charge in [-0.15, -0.1) is 0 Å². The van der Waals surface area contributed by atoms with Crippen LogP contribution < -0.4 is 11.2 Å². The fourth-order valence-electron chi connectivity index (χ4n) is 4.61. The second kappa shape index (κ2) is 8.93. The molecule has 2 fully saturated rings. The van der Waals surface area contributed by atoms with Crippen LogP contribution in [0.3, 0.4) is 0 Å². The normalized spacial score (nSPS) is 31.6. The lowest BCUT2D eigenvalue weighted by Gasteiger charge is -2.34. The molecule has 2 aliphatic rings. The van der Waals surface area contributed by atoms with Gasteiger partial charge in [-0.3, -0.25) is 14.3 Å². The Kier molecular flexibility index (Phi) is 6.78. The highest BCUT2D eigenvalue weighted by Gasteiger charge is 2.64. The first-order valence-corrected chi connectivity index (χ1v) is 10.6. The van der Waals surface area contributed by atoms with Crippen molar-refractivity contribution in [2.75, 3.05) is 19.8 Å². The molecule has 5 atom stereocenters. The van der Waals surface area contributed by atoms with Gasteiger partial charge in [0, 0.05) is 30.9 Å². The molecule has 1 aliphatic heterocycles. The second-order valence-corrected chi connectivity index (χ2v) is 8.36. The average Bonchev–Trinajstić information content (AvgIpc) is 3.10. The standard InChI is InChI=1S/C21H34N2O5/c1-5-7-9-26-13-21-11-14(3)16(17(21)27-10-8-6-2)19(28-21)23-12-15(4)18(24)22-20(23)25/h12,14,16-17,19H,5-11,13H2,1-4H3,(H,22,24,25)/t14?,16-,17?,19+,21+/m0/s1. The van der Waals surface area contributed by atoms with Gasteiger partial charge in [-0.05, 0) is 32.1 Å². The van der Waals surface area contributed by atoms with Crippen LogP contribution in [0.25, 0.3) is 0 Å². The summed E-state index contributed by atoms with van der Waals surface area (Å²) in [4.78, 5) is 26.7. The van der Waals surface area contributed by atoms with Gasteiger partial charge in [0.2, 0.25) is 0 Å². The Morgan fingerprint density at radius 3 is 2.68 bits per heavy atom. The maximum atomic E-state index is 12.5. The van der Waals surface area contributed by atoms with Crippen molar-refractivity contribution in [2.24, 2.45) is 11.8 Å². The maximum absolute atomic E-state index is 12.5. The Hall–Kier alpha value is -1.44. The Labute approximate surface area is 166 Å². The molecule has 7 nitrogen and oxygen atoms in total. The number of unbranched alkanes of at least 4 members (excludes halogenated alkanes) is 2. The van der Waals surface area contributed by atoms with Crippen molar-refractivity contribution in [3.63, 3.8) is 0 Å². The van der Waals surface area contributed by atoms with E-state index < -0.39 is 17.5 Å². The number of aromatic nitrogens is 2. The van der Waals surface area contributed by atoms with E-state index in [-0.39, 0.29) is 17.6 Å². The van der Waals surface area contributed by atoms with E-state index >= 15 is 0 Å². The second-order valence-electron chi connectivity index (χ2n) is 8.36. The molecule has 2 heterocycles. The van der Waals surface area contributed by atoms with Crippen LogP contribution >= 0.6 is 0 Å². The molecule has 158 valence electrons. The number of H-pyrrole nitrogens is 1. The van der Waals surface area contributed by atoms with E-state index in [1.807, 2.05) is 0 Å². The number of rotatable bonds is 10. The molecule has 2 bridgehead atoms. The molecule has 1 aromatic rings. The number of aryl methyl sites for hydroxylation is 1. The summed E-state index contributed by atoms with van der Waals surface area (Å²) in [5.74, 6) is 0.383. The van der Waals surface area contributed by atoms with Crippen molar-refractivity contribution in [1.82, 2.24) is 9.55 Å². The van der Waals surface area contributed by atoms with Crippen LogP contribution in [0.5, 0.6) is 0 Å². The lowest BCUT2D eigenvalue weighted by Crippen LogP contribution is -2.44. The Bertz CT molecular complexity index is 773. The first kappa shape index (κ1) is 21.3. The topological polar surface area (TPSA) is 82.5 Å². The summed E-state index contributed by atoms with van der Waals surface area (Å²) >= 11 is 0. The molecule has 0 aromatic carbocycles. The minimum atomic E-state index is -0.542. The smallest absolute Gasteiger partial charge is 0.330 e. The van der Waals surface area contributed by atoms with Gasteiger partial charge in [-0.25, -0.2) is 4.79 Å². The van der Waals surface area contributed by atoms with Gasteiger partial charge < -0.3 is 14.2 Å². The highest BCUT2D eigenvalue weighted by atomic mass is 16.6. The summed E-state index contributed by atoms with van der Waals surface area (Å²) in [7, 11) is 0. The van der Waals surface area contributed by atoms with E-state index in [0.717, 1.165) is 32.1 Å². The van der Waals surface area contributed by atoms with E-state index in [1.165, 1.54) is 4.57 Å². The fourth-order valence-corrected chi connectivity index (χ4v) is 4.61.